The topological polar surface area (TPSA) is 81.4 Å². The van der Waals surface area contributed by atoms with Crippen LogP contribution in [-0.2, 0) is 9.53 Å². The number of carbonyl (C=O) groups excluding carboxylic acids is 1. The Morgan fingerprint density at radius 1 is 1.16 bits per heavy atom. The Kier molecular flexibility index (Phi) is 6.20. The quantitative estimate of drug-likeness (QED) is 0.654. The Labute approximate surface area is 181 Å². The molecule has 1 amide bonds. The van der Waals surface area contributed by atoms with Crippen LogP contribution in [0.3, 0.4) is 0 Å². The zero-order chi connectivity index (χ0) is 22.0. The summed E-state index contributed by atoms with van der Waals surface area (Å²) in [5.74, 6) is -0.0592. The van der Waals surface area contributed by atoms with Crippen LogP contribution in [0.5, 0.6) is 0 Å². The van der Waals surface area contributed by atoms with Gasteiger partial charge in [0.1, 0.15) is 6.04 Å². The second kappa shape index (κ2) is 9.03. The number of benzene rings is 1. The van der Waals surface area contributed by atoms with E-state index in [0.717, 1.165) is 49.6 Å². The van der Waals surface area contributed by atoms with Gasteiger partial charge in [-0.2, -0.15) is 9.78 Å². The number of amides is 1. The number of hydrogen-bond acceptors (Lipinski definition) is 5. The van der Waals surface area contributed by atoms with Gasteiger partial charge in [-0.15, -0.1) is 0 Å². The fourth-order valence-corrected chi connectivity index (χ4v) is 4.34. The second-order valence-corrected chi connectivity index (χ2v) is 7.95. The minimum absolute atomic E-state index is 0.0592. The van der Waals surface area contributed by atoms with Gasteiger partial charge in [-0.05, 0) is 32.9 Å². The van der Waals surface area contributed by atoms with E-state index >= 15 is 0 Å². The van der Waals surface area contributed by atoms with Gasteiger partial charge in [-0.1, -0.05) is 18.2 Å². The first-order valence-electron chi connectivity index (χ1n) is 10.7. The van der Waals surface area contributed by atoms with Gasteiger partial charge in [0, 0.05) is 43.0 Å². The molecular weight excluding hydrogens is 394 g/mol. The molecule has 1 aliphatic rings. The van der Waals surface area contributed by atoms with Crippen molar-refractivity contribution in [2.45, 2.75) is 26.8 Å². The number of hydrogen-bond donors (Lipinski definition) is 1. The van der Waals surface area contributed by atoms with Gasteiger partial charge in [0.2, 0.25) is 5.91 Å². The number of ether oxygens (including phenoxy) is 1. The van der Waals surface area contributed by atoms with Crippen LogP contribution >= 0.6 is 0 Å². The normalized spacial score (nSPS) is 15.8. The molecule has 4 rings (SSSR count). The van der Waals surface area contributed by atoms with E-state index in [1.807, 2.05) is 55.7 Å². The Morgan fingerprint density at radius 3 is 2.58 bits per heavy atom. The lowest BCUT2D eigenvalue weighted by atomic mass is 10.2. The first-order valence-corrected chi connectivity index (χ1v) is 10.7. The van der Waals surface area contributed by atoms with Crippen molar-refractivity contribution in [2.75, 3.05) is 39.4 Å². The van der Waals surface area contributed by atoms with Crippen molar-refractivity contribution in [3.05, 3.63) is 58.3 Å². The van der Waals surface area contributed by atoms with Gasteiger partial charge in [0.25, 0.3) is 5.56 Å². The standard InChI is InChI=1S/C23H29N5O3/c1-16-20-15-25-28(19-7-5-4-6-8-19)23(30)21(20)17(2)27(16)18(3)22(29)24-9-10-26-11-13-31-14-12-26/h4-8,15,18H,9-14H2,1-3H3,(H,24,29)/t18-/m1/s1. The number of nitrogens with zero attached hydrogens (tertiary/aromatic N) is 4. The largest absolute Gasteiger partial charge is 0.379 e. The van der Waals surface area contributed by atoms with E-state index < -0.39 is 6.04 Å². The predicted octanol–water partition coefficient (Wildman–Crippen LogP) is 1.81. The van der Waals surface area contributed by atoms with Crippen LogP contribution < -0.4 is 10.9 Å². The fraction of sp³-hybridized carbons (Fsp3) is 0.435. The number of nitrogens with one attached hydrogen (secondary N) is 1. The van der Waals surface area contributed by atoms with E-state index in [-0.39, 0.29) is 11.5 Å². The summed E-state index contributed by atoms with van der Waals surface area (Å²) in [6.45, 7) is 10.4. The first kappa shape index (κ1) is 21.3. The molecule has 0 aliphatic carbocycles. The summed E-state index contributed by atoms with van der Waals surface area (Å²) in [7, 11) is 0. The van der Waals surface area contributed by atoms with Gasteiger partial charge >= 0.3 is 0 Å². The smallest absolute Gasteiger partial charge is 0.281 e. The highest BCUT2D eigenvalue weighted by atomic mass is 16.5. The Hall–Kier alpha value is -2.97. The average Bonchev–Trinajstić information content (AvgIpc) is 3.05. The van der Waals surface area contributed by atoms with Crippen molar-refractivity contribution >= 4 is 16.7 Å². The van der Waals surface area contributed by atoms with Gasteiger partial charge in [-0.25, -0.2) is 0 Å². The molecule has 3 aromatic rings. The third kappa shape index (κ3) is 4.13. The fourth-order valence-electron chi connectivity index (χ4n) is 4.34. The van der Waals surface area contributed by atoms with Crippen molar-refractivity contribution in [1.29, 1.82) is 0 Å². The van der Waals surface area contributed by atoms with Crippen molar-refractivity contribution in [3.63, 3.8) is 0 Å². The van der Waals surface area contributed by atoms with Crippen LogP contribution in [0.25, 0.3) is 16.5 Å². The van der Waals surface area contributed by atoms with Crippen LogP contribution in [0.1, 0.15) is 24.4 Å². The zero-order valence-electron chi connectivity index (χ0n) is 18.3. The number of morpholine rings is 1. The molecule has 3 heterocycles. The lowest BCUT2D eigenvalue weighted by Crippen LogP contribution is -2.42. The van der Waals surface area contributed by atoms with Crippen molar-refractivity contribution in [3.8, 4) is 5.69 Å². The molecule has 0 saturated carbocycles. The van der Waals surface area contributed by atoms with Crippen molar-refractivity contribution in [2.24, 2.45) is 0 Å². The third-order valence-electron chi connectivity index (χ3n) is 6.05. The van der Waals surface area contributed by atoms with E-state index in [4.69, 9.17) is 4.74 Å². The van der Waals surface area contributed by atoms with Crippen molar-refractivity contribution < 1.29 is 9.53 Å². The molecule has 1 saturated heterocycles. The number of rotatable bonds is 6. The summed E-state index contributed by atoms with van der Waals surface area (Å²) >= 11 is 0. The van der Waals surface area contributed by atoms with Gasteiger partial charge in [0.15, 0.2) is 0 Å². The van der Waals surface area contributed by atoms with E-state index in [2.05, 4.69) is 15.3 Å². The molecule has 164 valence electrons. The molecule has 2 aromatic heterocycles. The van der Waals surface area contributed by atoms with Crippen LogP contribution in [0.2, 0.25) is 0 Å². The molecule has 8 heteroatoms. The number of aromatic nitrogens is 3. The van der Waals surface area contributed by atoms with E-state index in [0.29, 0.717) is 17.6 Å². The maximum atomic E-state index is 13.2. The van der Waals surface area contributed by atoms with Gasteiger partial charge in [0.05, 0.1) is 30.5 Å². The number of aryl methyl sites for hydroxylation is 2. The molecule has 1 N–H and O–H groups in total. The maximum absolute atomic E-state index is 13.2. The van der Waals surface area contributed by atoms with Crippen LogP contribution in [-0.4, -0.2) is 64.5 Å². The summed E-state index contributed by atoms with van der Waals surface area (Å²) < 4.78 is 8.71. The average molecular weight is 424 g/mol. The number of carbonyl (C=O) groups is 1. The summed E-state index contributed by atoms with van der Waals surface area (Å²) in [6, 6.07) is 8.92. The highest BCUT2D eigenvalue weighted by Crippen LogP contribution is 2.26. The third-order valence-corrected chi connectivity index (χ3v) is 6.05. The SMILES string of the molecule is Cc1c2cnn(-c3ccccc3)c(=O)c2c(C)n1[C@H](C)C(=O)NCCN1CCOCC1. The molecule has 0 bridgehead atoms. The molecule has 0 radical (unpaired) electrons. The molecule has 8 nitrogen and oxygen atoms in total. The first-order chi connectivity index (χ1) is 15.0. The monoisotopic (exact) mass is 423 g/mol. The van der Waals surface area contributed by atoms with Gasteiger partial charge in [-0.3, -0.25) is 14.5 Å². The number of para-hydroxylation sites is 1. The molecule has 0 unspecified atom stereocenters. The lowest BCUT2D eigenvalue weighted by Gasteiger charge is -2.27. The minimum atomic E-state index is -0.429. The molecule has 0 spiro atoms. The molecule has 1 fully saturated rings. The number of fused-ring (bicyclic) bond motifs is 1. The Morgan fingerprint density at radius 2 is 1.87 bits per heavy atom. The second-order valence-electron chi connectivity index (χ2n) is 7.95. The molecule has 1 atom stereocenters. The van der Waals surface area contributed by atoms with Crippen molar-refractivity contribution in [1.82, 2.24) is 24.6 Å². The zero-order valence-corrected chi connectivity index (χ0v) is 18.3. The highest BCUT2D eigenvalue weighted by Gasteiger charge is 2.23. The summed E-state index contributed by atoms with van der Waals surface area (Å²) in [5, 5.41) is 8.79. The minimum Gasteiger partial charge on any atom is -0.379 e. The van der Waals surface area contributed by atoms with E-state index in [1.165, 1.54) is 4.68 Å². The molecule has 1 aromatic carbocycles. The summed E-state index contributed by atoms with van der Waals surface area (Å²) in [6.07, 6.45) is 1.71. The summed E-state index contributed by atoms with van der Waals surface area (Å²) in [4.78, 5) is 28.4. The predicted molar refractivity (Wildman–Crippen MR) is 120 cm³/mol. The Balaban J connectivity index is 1.57. The van der Waals surface area contributed by atoms with E-state index in [1.54, 1.807) is 6.20 Å². The molecule has 31 heavy (non-hydrogen) atoms. The lowest BCUT2D eigenvalue weighted by molar-refractivity contribution is -0.124. The Bertz CT molecular complexity index is 1130. The van der Waals surface area contributed by atoms with Crippen LogP contribution in [0.4, 0.5) is 0 Å². The molecule has 1 aliphatic heterocycles. The summed E-state index contributed by atoms with van der Waals surface area (Å²) in [5.41, 5.74) is 2.18. The van der Waals surface area contributed by atoms with Gasteiger partial charge < -0.3 is 14.6 Å². The maximum Gasteiger partial charge on any atom is 0.281 e. The van der Waals surface area contributed by atoms with Crippen LogP contribution in [0.15, 0.2) is 41.3 Å². The molecular formula is C23H29N5O3. The van der Waals surface area contributed by atoms with E-state index in [9.17, 15) is 9.59 Å². The highest BCUT2D eigenvalue weighted by molar-refractivity contribution is 5.89. The van der Waals surface area contributed by atoms with Crippen LogP contribution in [0, 0.1) is 13.8 Å².